The van der Waals surface area contributed by atoms with Crippen molar-refractivity contribution in [2.75, 3.05) is 37.9 Å². The topological polar surface area (TPSA) is 55.3 Å². The normalized spacial score (nSPS) is 11.1. The SMILES string of the molecule is CN(C)CCSc1c(N)cc(N)c(Cl)c1F. The van der Waals surface area contributed by atoms with Crippen molar-refractivity contribution in [3.8, 4) is 0 Å². The van der Waals surface area contributed by atoms with Crippen LogP contribution in [0.1, 0.15) is 0 Å². The summed E-state index contributed by atoms with van der Waals surface area (Å²) < 4.78 is 13.7. The number of nitrogens with zero attached hydrogens (tertiary/aromatic N) is 1. The van der Waals surface area contributed by atoms with E-state index in [9.17, 15) is 4.39 Å². The van der Waals surface area contributed by atoms with Crippen LogP contribution in [0, 0.1) is 5.82 Å². The van der Waals surface area contributed by atoms with E-state index in [0.29, 0.717) is 10.6 Å². The number of nitrogen functional groups attached to an aromatic ring is 2. The minimum Gasteiger partial charge on any atom is -0.398 e. The van der Waals surface area contributed by atoms with E-state index in [4.69, 9.17) is 23.1 Å². The van der Waals surface area contributed by atoms with E-state index < -0.39 is 5.82 Å². The van der Waals surface area contributed by atoms with E-state index in [0.717, 1.165) is 12.3 Å². The number of halogens is 2. The van der Waals surface area contributed by atoms with Crippen molar-refractivity contribution in [2.24, 2.45) is 0 Å². The molecule has 0 atom stereocenters. The summed E-state index contributed by atoms with van der Waals surface area (Å²) in [6.45, 7) is 0.839. The minimum absolute atomic E-state index is 0.0541. The van der Waals surface area contributed by atoms with Gasteiger partial charge in [-0.2, -0.15) is 0 Å². The first kappa shape index (κ1) is 13.4. The van der Waals surface area contributed by atoms with Gasteiger partial charge in [-0.1, -0.05) is 11.6 Å². The molecule has 0 saturated carbocycles. The number of rotatable bonds is 4. The first-order valence-electron chi connectivity index (χ1n) is 4.74. The van der Waals surface area contributed by atoms with E-state index in [2.05, 4.69) is 0 Å². The second-order valence-electron chi connectivity index (χ2n) is 3.66. The van der Waals surface area contributed by atoms with Crippen LogP contribution >= 0.6 is 23.4 Å². The van der Waals surface area contributed by atoms with Gasteiger partial charge in [0.2, 0.25) is 0 Å². The third-order valence-electron chi connectivity index (χ3n) is 2.00. The predicted octanol–water partition coefficient (Wildman–Crippen LogP) is 2.30. The van der Waals surface area contributed by atoms with Crippen LogP contribution in [-0.2, 0) is 0 Å². The molecule has 1 aromatic rings. The molecular weight excluding hydrogens is 249 g/mol. The standard InChI is InChI=1S/C10H15ClFN3S/c1-15(2)3-4-16-10-7(14)5-6(13)8(11)9(10)12/h5H,3-4,13-14H2,1-2H3. The monoisotopic (exact) mass is 263 g/mol. The van der Waals surface area contributed by atoms with Crippen LogP contribution in [0.15, 0.2) is 11.0 Å². The van der Waals surface area contributed by atoms with E-state index in [-0.39, 0.29) is 10.7 Å². The Bertz CT molecular complexity index is 385. The Balaban J connectivity index is 2.84. The number of hydrogen-bond donors (Lipinski definition) is 2. The molecule has 0 aromatic heterocycles. The molecule has 0 bridgehead atoms. The maximum Gasteiger partial charge on any atom is 0.159 e. The molecule has 1 rings (SSSR count). The minimum atomic E-state index is -0.525. The van der Waals surface area contributed by atoms with E-state index >= 15 is 0 Å². The molecule has 0 saturated heterocycles. The number of nitrogens with two attached hydrogens (primary N) is 2. The lowest BCUT2D eigenvalue weighted by atomic mass is 10.3. The summed E-state index contributed by atoms with van der Waals surface area (Å²) >= 11 is 7.06. The van der Waals surface area contributed by atoms with Gasteiger partial charge in [-0.15, -0.1) is 11.8 Å². The molecule has 3 nitrogen and oxygen atoms in total. The van der Waals surface area contributed by atoms with Gasteiger partial charge in [-0.25, -0.2) is 4.39 Å². The zero-order valence-electron chi connectivity index (χ0n) is 9.26. The second-order valence-corrected chi connectivity index (χ2v) is 5.15. The first-order chi connectivity index (χ1) is 7.43. The van der Waals surface area contributed by atoms with Crippen LogP contribution in [0.25, 0.3) is 0 Å². The Hall–Kier alpha value is -0.650. The molecule has 1 aromatic carbocycles. The van der Waals surface area contributed by atoms with E-state index in [1.165, 1.54) is 17.8 Å². The lowest BCUT2D eigenvalue weighted by Crippen LogP contribution is -2.15. The van der Waals surface area contributed by atoms with Gasteiger partial charge in [-0.3, -0.25) is 0 Å². The molecule has 16 heavy (non-hydrogen) atoms. The van der Waals surface area contributed by atoms with Crippen LogP contribution < -0.4 is 11.5 Å². The molecule has 0 amide bonds. The van der Waals surface area contributed by atoms with Crippen molar-refractivity contribution < 1.29 is 4.39 Å². The molecule has 90 valence electrons. The summed E-state index contributed by atoms with van der Waals surface area (Å²) in [5.41, 5.74) is 11.7. The maximum atomic E-state index is 13.7. The number of thioether (sulfide) groups is 1. The predicted molar refractivity (Wildman–Crippen MR) is 69.5 cm³/mol. The smallest absolute Gasteiger partial charge is 0.159 e. The zero-order chi connectivity index (χ0) is 12.3. The van der Waals surface area contributed by atoms with Crippen LogP contribution in [0.4, 0.5) is 15.8 Å². The van der Waals surface area contributed by atoms with Crippen molar-refractivity contribution >= 4 is 34.7 Å². The Labute approximate surface area is 104 Å². The molecule has 6 heteroatoms. The average molecular weight is 264 g/mol. The van der Waals surface area contributed by atoms with Gasteiger partial charge < -0.3 is 16.4 Å². The van der Waals surface area contributed by atoms with Crippen molar-refractivity contribution in [3.63, 3.8) is 0 Å². The second kappa shape index (κ2) is 5.61. The Morgan fingerprint density at radius 3 is 2.56 bits per heavy atom. The third-order valence-corrected chi connectivity index (χ3v) is 3.48. The van der Waals surface area contributed by atoms with Crippen LogP contribution in [0.3, 0.4) is 0 Å². The third kappa shape index (κ3) is 3.17. The molecule has 0 aliphatic carbocycles. The van der Waals surface area contributed by atoms with E-state index in [1.807, 2.05) is 19.0 Å². The van der Waals surface area contributed by atoms with Gasteiger partial charge in [0.15, 0.2) is 5.82 Å². The molecule has 0 radical (unpaired) electrons. The molecule has 0 aliphatic heterocycles. The highest BCUT2D eigenvalue weighted by Gasteiger charge is 2.14. The fourth-order valence-electron chi connectivity index (χ4n) is 1.13. The largest absolute Gasteiger partial charge is 0.398 e. The summed E-state index contributed by atoms with van der Waals surface area (Å²) in [5, 5.41) is -0.0541. The molecule has 4 N–H and O–H groups in total. The van der Waals surface area contributed by atoms with Crippen molar-refractivity contribution in [3.05, 3.63) is 16.9 Å². The molecule has 0 unspecified atom stereocenters. The molecule has 0 spiro atoms. The summed E-state index contributed by atoms with van der Waals surface area (Å²) in [5.74, 6) is 0.219. The number of benzene rings is 1. The Kier molecular flexibility index (Phi) is 4.70. The summed E-state index contributed by atoms with van der Waals surface area (Å²) in [6, 6.07) is 1.49. The molecule has 0 aliphatic rings. The Morgan fingerprint density at radius 2 is 2.00 bits per heavy atom. The van der Waals surface area contributed by atoms with Gasteiger partial charge in [0.25, 0.3) is 0 Å². The van der Waals surface area contributed by atoms with Gasteiger partial charge in [0, 0.05) is 12.3 Å². The lowest BCUT2D eigenvalue weighted by Gasteiger charge is -2.12. The molecule has 0 fully saturated rings. The molecule has 0 heterocycles. The Morgan fingerprint density at radius 1 is 1.38 bits per heavy atom. The van der Waals surface area contributed by atoms with Crippen LogP contribution in [0.2, 0.25) is 5.02 Å². The van der Waals surface area contributed by atoms with Gasteiger partial charge in [0.1, 0.15) is 5.02 Å². The summed E-state index contributed by atoms with van der Waals surface area (Å²) in [6.07, 6.45) is 0. The van der Waals surface area contributed by atoms with Gasteiger partial charge >= 0.3 is 0 Å². The zero-order valence-corrected chi connectivity index (χ0v) is 10.8. The van der Waals surface area contributed by atoms with Crippen molar-refractivity contribution in [1.82, 2.24) is 4.90 Å². The van der Waals surface area contributed by atoms with Gasteiger partial charge in [-0.05, 0) is 20.2 Å². The summed E-state index contributed by atoms with van der Waals surface area (Å²) in [7, 11) is 3.91. The fourth-order valence-corrected chi connectivity index (χ4v) is 2.45. The van der Waals surface area contributed by atoms with E-state index in [1.54, 1.807) is 0 Å². The maximum absolute atomic E-state index is 13.7. The highest BCUT2D eigenvalue weighted by Crippen LogP contribution is 2.36. The van der Waals surface area contributed by atoms with Crippen LogP contribution in [0.5, 0.6) is 0 Å². The van der Waals surface area contributed by atoms with Gasteiger partial charge in [0.05, 0.1) is 16.3 Å². The van der Waals surface area contributed by atoms with Crippen LogP contribution in [-0.4, -0.2) is 31.3 Å². The highest BCUT2D eigenvalue weighted by molar-refractivity contribution is 7.99. The highest BCUT2D eigenvalue weighted by atomic mass is 35.5. The number of anilines is 2. The summed E-state index contributed by atoms with van der Waals surface area (Å²) in [4.78, 5) is 2.39. The quantitative estimate of drug-likeness (QED) is 0.647. The fraction of sp³-hybridized carbons (Fsp3) is 0.400. The average Bonchev–Trinajstić information content (AvgIpc) is 2.19. The molecular formula is C10H15ClFN3S. The van der Waals surface area contributed by atoms with Crippen molar-refractivity contribution in [2.45, 2.75) is 4.90 Å². The lowest BCUT2D eigenvalue weighted by molar-refractivity contribution is 0.437. The first-order valence-corrected chi connectivity index (χ1v) is 6.10. The van der Waals surface area contributed by atoms with Crippen molar-refractivity contribution in [1.29, 1.82) is 0 Å². The number of hydrogen-bond acceptors (Lipinski definition) is 4.